The Morgan fingerprint density at radius 2 is 2.14 bits per heavy atom. The van der Waals surface area contributed by atoms with Gasteiger partial charge in [-0.2, -0.15) is 5.10 Å². The smallest absolute Gasteiger partial charge is 0.0653 e. The third-order valence-electron chi connectivity index (χ3n) is 4.58. The molecule has 0 saturated carbocycles. The van der Waals surface area contributed by atoms with E-state index < -0.39 is 0 Å². The van der Waals surface area contributed by atoms with Gasteiger partial charge in [-0.3, -0.25) is 10.00 Å². The molecule has 2 heterocycles. The first kappa shape index (κ1) is 12.6. The molecule has 3 nitrogen and oxygen atoms in total. The lowest BCUT2D eigenvalue weighted by Crippen LogP contribution is -2.33. The van der Waals surface area contributed by atoms with Gasteiger partial charge in [0, 0.05) is 24.4 Å². The maximum absolute atomic E-state index is 4.13. The van der Waals surface area contributed by atoms with E-state index in [0.29, 0.717) is 5.92 Å². The summed E-state index contributed by atoms with van der Waals surface area (Å²) < 4.78 is 0. The molecule has 1 unspecified atom stereocenters. The molecule has 0 aliphatic carbocycles. The van der Waals surface area contributed by atoms with E-state index in [0.717, 1.165) is 25.2 Å². The van der Waals surface area contributed by atoms with Crippen molar-refractivity contribution in [1.29, 1.82) is 0 Å². The Kier molecular flexibility index (Phi) is 3.00. The maximum Gasteiger partial charge on any atom is 0.0653 e. The van der Waals surface area contributed by atoms with E-state index in [2.05, 4.69) is 64.5 Å². The standard InChI is InChI=1S/C18H19N3/c1-2-21-11-15-5-3-4-6-16(15)17(12-21)13-7-8-14-10-19-20-18(14)9-13/h3-10,17H,2,11-12H2,1H3,(H,19,20). The van der Waals surface area contributed by atoms with Gasteiger partial charge < -0.3 is 0 Å². The van der Waals surface area contributed by atoms with E-state index in [9.17, 15) is 0 Å². The number of rotatable bonds is 2. The minimum Gasteiger partial charge on any atom is -0.298 e. The second kappa shape index (κ2) is 5.01. The average molecular weight is 277 g/mol. The predicted molar refractivity (Wildman–Crippen MR) is 85.3 cm³/mol. The molecule has 0 spiro atoms. The molecule has 3 heteroatoms. The van der Waals surface area contributed by atoms with Crippen LogP contribution in [0.3, 0.4) is 0 Å². The fraction of sp³-hybridized carbons (Fsp3) is 0.278. The van der Waals surface area contributed by atoms with Crippen LogP contribution in [-0.2, 0) is 6.54 Å². The van der Waals surface area contributed by atoms with Crippen molar-refractivity contribution in [2.75, 3.05) is 13.1 Å². The number of nitrogens with one attached hydrogen (secondary N) is 1. The van der Waals surface area contributed by atoms with Crippen LogP contribution in [0.1, 0.15) is 29.5 Å². The highest BCUT2D eigenvalue weighted by Crippen LogP contribution is 2.34. The second-order valence-corrected chi connectivity index (χ2v) is 5.80. The normalized spacial score (nSPS) is 18.8. The lowest BCUT2D eigenvalue weighted by atomic mass is 9.84. The van der Waals surface area contributed by atoms with Crippen LogP contribution < -0.4 is 0 Å². The molecule has 1 N–H and O–H groups in total. The van der Waals surface area contributed by atoms with E-state index >= 15 is 0 Å². The van der Waals surface area contributed by atoms with Crippen LogP contribution in [0.4, 0.5) is 0 Å². The van der Waals surface area contributed by atoms with Crippen LogP contribution in [0.5, 0.6) is 0 Å². The summed E-state index contributed by atoms with van der Waals surface area (Å²) >= 11 is 0. The number of hydrogen-bond donors (Lipinski definition) is 1. The molecular weight excluding hydrogens is 258 g/mol. The molecule has 0 amide bonds. The lowest BCUT2D eigenvalue weighted by Gasteiger charge is -2.34. The molecule has 0 saturated heterocycles. The van der Waals surface area contributed by atoms with Crippen LogP contribution in [0.2, 0.25) is 0 Å². The van der Waals surface area contributed by atoms with Gasteiger partial charge in [-0.15, -0.1) is 0 Å². The lowest BCUT2D eigenvalue weighted by molar-refractivity contribution is 0.253. The zero-order valence-corrected chi connectivity index (χ0v) is 12.2. The van der Waals surface area contributed by atoms with Gasteiger partial charge in [0.1, 0.15) is 0 Å². The first-order valence-electron chi connectivity index (χ1n) is 7.58. The molecule has 0 fully saturated rings. The maximum atomic E-state index is 4.13. The number of aromatic nitrogens is 2. The summed E-state index contributed by atoms with van der Waals surface area (Å²) in [4.78, 5) is 2.52. The molecule has 0 bridgehead atoms. The van der Waals surface area contributed by atoms with Gasteiger partial charge >= 0.3 is 0 Å². The summed E-state index contributed by atoms with van der Waals surface area (Å²) in [6.07, 6.45) is 1.88. The Morgan fingerprint density at radius 3 is 3.05 bits per heavy atom. The molecule has 1 atom stereocenters. The number of benzene rings is 2. The molecule has 0 radical (unpaired) electrons. The topological polar surface area (TPSA) is 31.9 Å². The van der Waals surface area contributed by atoms with E-state index in [1.807, 2.05) is 6.20 Å². The minimum atomic E-state index is 0.447. The number of aromatic amines is 1. The summed E-state index contributed by atoms with van der Waals surface area (Å²) in [6, 6.07) is 15.5. The van der Waals surface area contributed by atoms with Gasteiger partial charge in [-0.25, -0.2) is 0 Å². The third-order valence-corrected chi connectivity index (χ3v) is 4.58. The molecular formula is C18H19N3. The van der Waals surface area contributed by atoms with Crippen molar-refractivity contribution in [2.24, 2.45) is 0 Å². The molecule has 21 heavy (non-hydrogen) atoms. The number of fused-ring (bicyclic) bond motifs is 2. The van der Waals surface area contributed by atoms with E-state index in [1.54, 1.807) is 0 Å². The quantitative estimate of drug-likeness (QED) is 0.777. The fourth-order valence-electron chi connectivity index (χ4n) is 3.38. The van der Waals surface area contributed by atoms with Crippen molar-refractivity contribution in [2.45, 2.75) is 19.4 Å². The van der Waals surface area contributed by atoms with Crippen LogP contribution in [-0.4, -0.2) is 28.2 Å². The summed E-state index contributed by atoms with van der Waals surface area (Å²) in [6.45, 7) is 5.49. The predicted octanol–water partition coefficient (Wildman–Crippen LogP) is 3.53. The van der Waals surface area contributed by atoms with Gasteiger partial charge in [0.2, 0.25) is 0 Å². The van der Waals surface area contributed by atoms with Crippen LogP contribution in [0.15, 0.2) is 48.7 Å². The number of likely N-dealkylation sites (N-methyl/N-ethyl adjacent to an activating group) is 1. The zero-order chi connectivity index (χ0) is 14.2. The molecule has 1 aromatic heterocycles. The van der Waals surface area contributed by atoms with Crippen LogP contribution >= 0.6 is 0 Å². The highest BCUT2D eigenvalue weighted by molar-refractivity contribution is 5.78. The first-order chi connectivity index (χ1) is 10.3. The van der Waals surface area contributed by atoms with Gasteiger partial charge in [0.05, 0.1) is 11.7 Å². The Hall–Kier alpha value is -2.13. The SMILES string of the molecule is CCN1Cc2ccccc2C(c2ccc3cn[nH]c3c2)C1. The van der Waals surface area contributed by atoms with Crippen molar-refractivity contribution >= 4 is 10.9 Å². The molecule has 106 valence electrons. The first-order valence-corrected chi connectivity index (χ1v) is 7.58. The van der Waals surface area contributed by atoms with Crippen LogP contribution in [0.25, 0.3) is 10.9 Å². The molecule has 1 aliphatic rings. The summed E-state index contributed by atoms with van der Waals surface area (Å²) in [5.74, 6) is 0.447. The third kappa shape index (κ3) is 2.14. The van der Waals surface area contributed by atoms with E-state index in [4.69, 9.17) is 0 Å². The number of nitrogens with zero attached hydrogens (tertiary/aromatic N) is 2. The molecule has 4 rings (SSSR count). The highest BCUT2D eigenvalue weighted by Gasteiger charge is 2.25. The van der Waals surface area contributed by atoms with Crippen molar-refractivity contribution in [3.05, 3.63) is 65.4 Å². The minimum absolute atomic E-state index is 0.447. The second-order valence-electron chi connectivity index (χ2n) is 5.80. The van der Waals surface area contributed by atoms with Crippen molar-refractivity contribution in [1.82, 2.24) is 15.1 Å². The Bertz CT molecular complexity index is 775. The van der Waals surface area contributed by atoms with Crippen molar-refractivity contribution in [3.63, 3.8) is 0 Å². The highest BCUT2D eigenvalue weighted by atomic mass is 15.1. The zero-order valence-electron chi connectivity index (χ0n) is 12.2. The van der Waals surface area contributed by atoms with E-state index in [1.165, 1.54) is 22.1 Å². The average Bonchev–Trinajstić information content (AvgIpc) is 3.01. The molecule has 3 aromatic rings. The largest absolute Gasteiger partial charge is 0.298 e. The van der Waals surface area contributed by atoms with Crippen molar-refractivity contribution in [3.8, 4) is 0 Å². The Morgan fingerprint density at radius 1 is 1.24 bits per heavy atom. The van der Waals surface area contributed by atoms with E-state index in [-0.39, 0.29) is 0 Å². The van der Waals surface area contributed by atoms with Gasteiger partial charge in [0.15, 0.2) is 0 Å². The van der Waals surface area contributed by atoms with Gasteiger partial charge in [0.25, 0.3) is 0 Å². The Balaban J connectivity index is 1.82. The number of hydrogen-bond acceptors (Lipinski definition) is 2. The van der Waals surface area contributed by atoms with Crippen molar-refractivity contribution < 1.29 is 0 Å². The monoisotopic (exact) mass is 277 g/mol. The molecule has 2 aromatic carbocycles. The summed E-state index contributed by atoms with van der Waals surface area (Å²) in [5, 5.41) is 8.39. The van der Waals surface area contributed by atoms with Gasteiger partial charge in [-0.1, -0.05) is 43.3 Å². The Labute approximate surface area is 124 Å². The molecule has 1 aliphatic heterocycles. The summed E-state index contributed by atoms with van der Waals surface area (Å²) in [5.41, 5.74) is 5.43. The number of H-pyrrole nitrogens is 1. The fourth-order valence-corrected chi connectivity index (χ4v) is 3.38. The summed E-state index contributed by atoms with van der Waals surface area (Å²) in [7, 11) is 0. The van der Waals surface area contributed by atoms with Crippen LogP contribution in [0, 0.1) is 0 Å². The van der Waals surface area contributed by atoms with Gasteiger partial charge in [-0.05, 0) is 29.3 Å².